The van der Waals surface area contributed by atoms with E-state index in [2.05, 4.69) is 4.90 Å². The van der Waals surface area contributed by atoms with Crippen LogP contribution in [0.15, 0.2) is 24.3 Å². The summed E-state index contributed by atoms with van der Waals surface area (Å²) in [5.41, 5.74) is 6.98. The van der Waals surface area contributed by atoms with Crippen molar-refractivity contribution >= 4 is 11.6 Å². The van der Waals surface area contributed by atoms with Gasteiger partial charge in [-0.3, -0.25) is 4.79 Å². The number of piperidine rings is 2. The molecular formula is C21H32FN3O2. The fourth-order valence-corrected chi connectivity index (χ4v) is 4.11. The molecular weight excluding hydrogens is 345 g/mol. The number of carbonyl (C=O) groups is 1. The molecule has 2 saturated heterocycles. The summed E-state index contributed by atoms with van der Waals surface area (Å²) in [6, 6.07) is 6.84. The first-order valence-electron chi connectivity index (χ1n) is 10.1. The largest absolute Gasteiger partial charge is 0.376 e. The predicted molar refractivity (Wildman–Crippen MR) is 105 cm³/mol. The number of para-hydroxylation sites is 1. The predicted octanol–water partition coefficient (Wildman–Crippen LogP) is 2.79. The molecule has 0 bridgehead atoms. The van der Waals surface area contributed by atoms with Gasteiger partial charge in [0.25, 0.3) is 0 Å². The quantitative estimate of drug-likeness (QED) is 0.857. The van der Waals surface area contributed by atoms with Crippen LogP contribution >= 0.6 is 0 Å². The van der Waals surface area contributed by atoms with Crippen molar-refractivity contribution in [1.29, 1.82) is 0 Å². The number of nitrogens with two attached hydrogens (primary N) is 1. The monoisotopic (exact) mass is 377 g/mol. The minimum atomic E-state index is -0.173. The molecule has 2 aliphatic rings. The SMILES string of the molecule is CC(C)C(=O)N1CCCC(N)[C@@H]1COC1CCN(c2ccccc2F)CC1. The third-order valence-electron chi connectivity index (χ3n) is 5.75. The Morgan fingerprint density at radius 2 is 1.93 bits per heavy atom. The number of hydrogen-bond donors (Lipinski definition) is 1. The fraction of sp³-hybridized carbons (Fsp3) is 0.667. The maximum Gasteiger partial charge on any atom is 0.225 e. The lowest BCUT2D eigenvalue weighted by Crippen LogP contribution is -2.57. The molecule has 2 N–H and O–H groups in total. The number of amides is 1. The van der Waals surface area contributed by atoms with Crippen LogP contribution in [0.5, 0.6) is 0 Å². The van der Waals surface area contributed by atoms with Gasteiger partial charge >= 0.3 is 0 Å². The van der Waals surface area contributed by atoms with Crippen molar-refractivity contribution in [2.75, 3.05) is 31.1 Å². The van der Waals surface area contributed by atoms with Gasteiger partial charge in [-0.05, 0) is 37.8 Å². The zero-order valence-corrected chi connectivity index (χ0v) is 16.4. The molecule has 27 heavy (non-hydrogen) atoms. The molecule has 0 radical (unpaired) electrons. The number of likely N-dealkylation sites (tertiary alicyclic amines) is 1. The van der Waals surface area contributed by atoms with Crippen molar-refractivity contribution in [3.63, 3.8) is 0 Å². The van der Waals surface area contributed by atoms with E-state index >= 15 is 0 Å². The lowest BCUT2D eigenvalue weighted by molar-refractivity contribution is -0.141. The Labute approximate surface area is 161 Å². The van der Waals surface area contributed by atoms with E-state index in [1.165, 1.54) is 6.07 Å². The van der Waals surface area contributed by atoms with Gasteiger partial charge in [-0.2, -0.15) is 0 Å². The average Bonchev–Trinajstić information content (AvgIpc) is 2.67. The highest BCUT2D eigenvalue weighted by atomic mass is 19.1. The standard InChI is InChI=1S/C21H32FN3O2/c1-15(2)21(26)25-11-5-7-18(23)20(25)14-27-16-9-12-24(13-10-16)19-8-4-3-6-17(19)22/h3-4,6,8,15-16,18,20H,5,7,9-14,23H2,1-2H3/t18?,20-/m0/s1. The van der Waals surface area contributed by atoms with Crippen molar-refractivity contribution < 1.29 is 13.9 Å². The molecule has 3 rings (SSSR count). The Bertz CT molecular complexity index is 632. The molecule has 2 heterocycles. The van der Waals surface area contributed by atoms with Crippen LogP contribution in [0.1, 0.15) is 39.5 Å². The number of nitrogens with zero attached hydrogens (tertiary/aromatic N) is 2. The molecule has 2 atom stereocenters. The van der Waals surface area contributed by atoms with Crippen LogP contribution in [0.25, 0.3) is 0 Å². The summed E-state index contributed by atoms with van der Waals surface area (Å²) in [5, 5.41) is 0. The summed E-state index contributed by atoms with van der Waals surface area (Å²) < 4.78 is 20.1. The minimum absolute atomic E-state index is 0.0261. The number of carbonyl (C=O) groups excluding carboxylic acids is 1. The van der Waals surface area contributed by atoms with E-state index < -0.39 is 0 Å². The van der Waals surface area contributed by atoms with Gasteiger partial charge in [0.15, 0.2) is 0 Å². The number of benzene rings is 1. The van der Waals surface area contributed by atoms with Gasteiger partial charge in [-0.25, -0.2) is 4.39 Å². The minimum Gasteiger partial charge on any atom is -0.376 e. The summed E-state index contributed by atoms with van der Waals surface area (Å²) in [5.74, 6) is -0.0391. The second kappa shape index (κ2) is 9.02. The molecule has 1 amide bonds. The van der Waals surface area contributed by atoms with E-state index in [0.717, 1.165) is 45.3 Å². The van der Waals surface area contributed by atoms with E-state index in [1.807, 2.05) is 30.9 Å². The van der Waals surface area contributed by atoms with Crippen LogP contribution in [0.3, 0.4) is 0 Å². The normalized spacial score (nSPS) is 24.5. The lowest BCUT2D eigenvalue weighted by Gasteiger charge is -2.41. The Kier molecular flexibility index (Phi) is 6.71. The van der Waals surface area contributed by atoms with Crippen LogP contribution in [-0.4, -0.2) is 55.2 Å². The molecule has 0 aliphatic carbocycles. The molecule has 5 nitrogen and oxygen atoms in total. The number of halogens is 1. The zero-order chi connectivity index (χ0) is 19.4. The highest BCUT2D eigenvalue weighted by Crippen LogP contribution is 2.25. The Morgan fingerprint density at radius 3 is 2.59 bits per heavy atom. The van der Waals surface area contributed by atoms with Crippen molar-refractivity contribution in [1.82, 2.24) is 4.90 Å². The number of rotatable bonds is 5. The van der Waals surface area contributed by atoms with Crippen LogP contribution in [0.4, 0.5) is 10.1 Å². The average molecular weight is 378 g/mol. The fourth-order valence-electron chi connectivity index (χ4n) is 4.11. The molecule has 0 aromatic heterocycles. The first-order valence-corrected chi connectivity index (χ1v) is 10.1. The second-order valence-corrected chi connectivity index (χ2v) is 8.03. The summed E-state index contributed by atoms with van der Waals surface area (Å²) in [7, 11) is 0. The number of anilines is 1. The smallest absolute Gasteiger partial charge is 0.225 e. The van der Waals surface area contributed by atoms with Crippen LogP contribution < -0.4 is 10.6 Å². The van der Waals surface area contributed by atoms with Gasteiger partial charge < -0.3 is 20.3 Å². The van der Waals surface area contributed by atoms with E-state index in [4.69, 9.17) is 10.5 Å². The third-order valence-corrected chi connectivity index (χ3v) is 5.75. The molecule has 1 aromatic carbocycles. The van der Waals surface area contributed by atoms with E-state index in [-0.39, 0.29) is 35.8 Å². The molecule has 0 spiro atoms. The van der Waals surface area contributed by atoms with Crippen molar-refractivity contribution in [2.24, 2.45) is 11.7 Å². The maximum absolute atomic E-state index is 14.0. The molecule has 1 aromatic rings. The summed E-state index contributed by atoms with van der Waals surface area (Å²) >= 11 is 0. The van der Waals surface area contributed by atoms with Crippen molar-refractivity contribution in [2.45, 2.75) is 57.7 Å². The Morgan fingerprint density at radius 1 is 1.22 bits per heavy atom. The van der Waals surface area contributed by atoms with Gasteiger partial charge in [-0.15, -0.1) is 0 Å². The lowest BCUT2D eigenvalue weighted by atomic mass is 9.95. The first kappa shape index (κ1) is 20.1. The van der Waals surface area contributed by atoms with E-state index in [0.29, 0.717) is 12.3 Å². The topological polar surface area (TPSA) is 58.8 Å². The van der Waals surface area contributed by atoms with Crippen LogP contribution in [0.2, 0.25) is 0 Å². The van der Waals surface area contributed by atoms with E-state index in [9.17, 15) is 9.18 Å². The van der Waals surface area contributed by atoms with Gasteiger partial charge in [0.2, 0.25) is 5.91 Å². The molecule has 1 unspecified atom stereocenters. The second-order valence-electron chi connectivity index (χ2n) is 8.03. The van der Waals surface area contributed by atoms with Gasteiger partial charge in [0.05, 0.1) is 24.4 Å². The Balaban J connectivity index is 1.52. The Hall–Kier alpha value is -1.66. The molecule has 2 fully saturated rings. The molecule has 2 aliphatic heterocycles. The molecule has 150 valence electrons. The molecule has 6 heteroatoms. The number of ether oxygens (including phenoxy) is 1. The third kappa shape index (κ3) is 4.79. The van der Waals surface area contributed by atoms with Crippen molar-refractivity contribution in [3.05, 3.63) is 30.1 Å². The maximum atomic E-state index is 14.0. The first-order chi connectivity index (χ1) is 13.0. The van der Waals surface area contributed by atoms with Gasteiger partial charge in [0, 0.05) is 31.6 Å². The van der Waals surface area contributed by atoms with E-state index in [1.54, 1.807) is 6.07 Å². The van der Waals surface area contributed by atoms with Crippen LogP contribution in [-0.2, 0) is 9.53 Å². The van der Waals surface area contributed by atoms with Crippen LogP contribution in [0, 0.1) is 11.7 Å². The summed E-state index contributed by atoms with van der Waals surface area (Å²) in [6.45, 7) is 6.67. The van der Waals surface area contributed by atoms with Gasteiger partial charge in [0.1, 0.15) is 5.82 Å². The highest BCUT2D eigenvalue weighted by Gasteiger charge is 2.34. The molecule has 0 saturated carbocycles. The summed E-state index contributed by atoms with van der Waals surface area (Å²) in [4.78, 5) is 16.5. The number of hydrogen-bond acceptors (Lipinski definition) is 4. The zero-order valence-electron chi connectivity index (χ0n) is 16.4. The highest BCUT2D eigenvalue weighted by molar-refractivity contribution is 5.78. The summed E-state index contributed by atoms with van der Waals surface area (Å²) in [6.07, 6.45) is 3.74. The van der Waals surface area contributed by atoms with Crippen molar-refractivity contribution in [3.8, 4) is 0 Å². The van der Waals surface area contributed by atoms with Gasteiger partial charge in [-0.1, -0.05) is 26.0 Å².